The lowest BCUT2D eigenvalue weighted by Crippen LogP contribution is -1.95. The lowest BCUT2D eigenvalue weighted by molar-refractivity contribution is 0.883. The lowest BCUT2D eigenvalue weighted by atomic mass is 10.2. The van der Waals surface area contributed by atoms with Gasteiger partial charge in [0.05, 0.1) is 16.4 Å². The van der Waals surface area contributed by atoms with Gasteiger partial charge in [-0.05, 0) is 23.8 Å². The molecule has 4 aromatic rings. The van der Waals surface area contributed by atoms with Crippen LogP contribution in [0.4, 0.5) is 0 Å². The molecular formula is C19H15ClN4S2. The number of nitrogens with zero attached hydrogens (tertiary/aromatic N) is 4. The second-order valence-corrected chi connectivity index (χ2v) is 7.97. The first-order valence-electron chi connectivity index (χ1n) is 8.04. The van der Waals surface area contributed by atoms with Crippen molar-refractivity contribution in [1.82, 2.24) is 19.7 Å². The number of rotatable bonds is 6. The summed E-state index contributed by atoms with van der Waals surface area (Å²) in [6.45, 7) is 0. The van der Waals surface area contributed by atoms with Gasteiger partial charge in [0.2, 0.25) is 0 Å². The summed E-state index contributed by atoms with van der Waals surface area (Å²) in [5.74, 6) is 0.755. The molecule has 4 rings (SSSR count). The Hall–Kier alpha value is -2.15. The normalized spacial score (nSPS) is 11.0. The highest BCUT2D eigenvalue weighted by molar-refractivity contribution is 7.98. The highest BCUT2D eigenvalue weighted by Gasteiger charge is 2.10. The van der Waals surface area contributed by atoms with E-state index in [2.05, 4.69) is 39.8 Å². The summed E-state index contributed by atoms with van der Waals surface area (Å²) in [7, 11) is 0. The van der Waals surface area contributed by atoms with Crippen LogP contribution < -0.4 is 0 Å². The van der Waals surface area contributed by atoms with Crippen molar-refractivity contribution >= 4 is 34.7 Å². The van der Waals surface area contributed by atoms with Crippen LogP contribution in [0.3, 0.4) is 0 Å². The maximum Gasteiger partial charge on any atom is 0.195 e. The van der Waals surface area contributed by atoms with Gasteiger partial charge in [0.15, 0.2) is 5.16 Å². The number of hydrogen-bond donors (Lipinski definition) is 0. The van der Waals surface area contributed by atoms with Crippen LogP contribution in [0.15, 0.2) is 71.5 Å². The molecule has 130 valence electrons. The highest BCUT2D eigenvalue weighted by Crippen LogP contribution is 2.25. The molecule has 0 bridgehead atoms. The highest BCUT2D eigenvalue weighted by atomic mass is 35.5. The quantitative estimate of drug-likeness (QED) is 0.415. The first-order valence-corrected chi connectivity index (χ1v) is 10.3. The molecule has 0 fully saturated rings. The Morgan fingerprint density at radius 1 is 1.08 bits per heavy atom. The minimum Gasteiger partial charge on any atom is -0.277 e. The minimum absolute atomic E-state index is 0.692. The van der Waals surface area contributed by atoms with Crippen LogP contribution in [0.2, 0.25) is 5.02 Å². The smallest absolute Gasteiger partial charge is 0.195 e. The monoisotopic (exact) mass is 398 g/mol. The van der Waals surface area contributed by atoms with Crippen LogP contribution in [-0.4, -0.2) is 19.7 Å². The molecule has 0 aliphatic carbocycles. The van der Waals surface area contributed by atoms with Crippen LogP contribution >= 0.6 is 34.7 Å². The van der Waals surface area contributed by atoms with Crippen LogP contribution in [0.1, 0.15) is 16.3 Å². The van der Waals surface area contributed by atoms with Crippen molar-refractivity contribution in [2.24, 2.45) is 0 Å². The molecule has 26 heavy (non-hydrogen) atoms. The number of thioether (sulfide) groups is 1. The summed E-state index contributed by atoms with van der Waals surface area (Å²) in [5.41, 5.74) is 3.29. The van der Waals surface area contributed by atoms with Crippen molar-refractivity contribution in [2.75, 3.05) is 0 Å². The Bertz CT molecular complexity index is 997. The van der Waals surface area contributed by atoms with E-state index in [4.69, 9.17) is 16.6 Å². The fraction of sp³-hybridized carbons (Fsp3) is 0.105. The molecule has 0 saturated heterocycles. The van der Waals surface area contributed by atoms with Gasteiger partial charge in [0.1, 0.15) is 6.33 Å². The van der Waals surface area contributed by atoms with E-state index < -0.39 is 0 Å². The zero-order chi connectivity index (χ0) is 17.8. The first kappa shape index (κ1) is 17.3. The summed E-state index contributed by atoms with van der Waals surface area (Å²) in [6, 6.07) is 18.1. The van der Waals surface area contributed by atoms with Crippen LogP contribution in [-0.2, 0) is 12.2 Å². The van der Waals surface area contributed by atoms with Crippen molar-refractivity contribution in [1.29, 1.82) is 0 Å². The van der Waals surface area contributed by atoms with Gasteiger partial charge in [-0.2, -0.15) is 0 Å². The molecule has 2 heterocycles. The van der Waals surface area contributed by atoms with Crippen LogP contribution in [0.25, 0.3) is 5.69 Å². The van der Waals surface area contributed by atoms with E-state index in [9.17, 15) is 0 Å². The standard InChI is InChI=1S/C19H15ClN4S2/c20-15-7-4-8-17(10-15)24-13-21-23-19(24)26-12-16-11-25-18(22-16)9-14-5-2-1-3-6-14/h1-8,10-11,13H,9,12H2. The van der Waals surface area contributed by atoms with E-state index in [1.807, 2.05) is 34.9 Å². The molecule has 4 nitrogen and oxygen atoms in total. The Labute approximate surface area is 164 Å². The average Bonchev–Trinajstić information content (AvgIpc) is 3.30. The predicted octanol–water partition coefficient (Wildman–Crippen LogP) is 5.26. The molecule has 0 N–H and O–H groups in total. The van der Waals surface area contributed by atoms with Crippen molar-refractivity contribution in [3.63, 3.8) is 0 Å². The van der Waals surface area contributed by atoms with Gasteiger partial charge in [-0.15, -0.1) is 21.5 Å². The molecular weight excluding hydrogens is 384 g/mol. The van der Waals surface area contributed by atoms with Gasteiger partial charge < -0.3 is 0 Å². The van der Waals surface area contributed by atoms with Crippen molar-refractivity contribution in [2.45, 2.75) is 17.3 Å². The number of thiazole rings is 1. The molecule has 0 atom stereocenters. The molecule has 7 heteroatoms. The Kier molecular flexibility index (Phi) is 5.34. The van der Waals surface area contributed by atoms with E-state index in [0.717, 1.165) is 33.7 Å². The molecule has 0 saturated carbocycles. The van der Waals surface area contributed by atoms with Gasteiger partial charge in [0, 0.05) is 22.6 Å². The lowest BCUT2D eigenvalue weighted by Gasteiger charge is -2.05. The number of benzene rings is 2. The molecule has 0 unspecified atom stereocenters. The Balaban J connectivity index is 1.43. The predicted molar refractivity (Wildman–Crippen MR) is 107 cm³/mol. The fourth-order valence-electron chi connectivity index (χ4n) is 2.53. The van der Waals surface area contributed by atoms with E-state index in [-0.39, 0.29) is 0 Å². The topological polar surface area (TPSA) is 43.6 Å². The Morgan fingerprint density at radius 2 is 1.96 bits per heavy atom. The van der Waals surface area contributed by atoms with Crippen molar-refractivity contribution in [3.8, 4) is 5.69 Å². The van der Waals surface area contributed by atoms with E-state index in [1.54, 1.807) is 29.4 Å². The fourth-order valence-corrected chi connectivity index (χ4v) is 4.47. The summed E-state index contributed by atoms with van der Waals surface area (Å²) in [4.78, 5) is 4.74. The first-order chi connectivity index (χ1) is 12.8. The van der Waals surface area contributed by atoms with E-state index in [1.165, 1.54) is 5.56 Å². The van der Waals surface area contributed by atoms with Gasteiger partial charge in [-0.3, -0.25) is 4.57 Å². The summed E-state index contributed by atoms with van der Waals surface area (Å²) >= 11 is 9.40. The zero-order valence-electron chi connectivity index (χ0n) is 13.7. The number of halogens is 1. The van der Waals surface area contributed by atoms with Gasteiger partial charge in [-0.1, -0.05) is 59.8 Å². The van der Waals surface area contributed by atoms with Crippen molar-refractivity contribution in [3.05, 3.63) is 87.6 Å². The molecule has 0 aliphatic rings. The van der Waals surface area contributed by atoms with E-state index >= 15 is 0 Å². The third kappa shape index (κ3) is 4.15. The van der Waals surface area contributed by atoms with Crippen LogP contribution in [0, 0.1) is 0 Å². The second-order valence-electron chi connectivity index (χ2n) is 5.65. The van der Waals surface area contributed by atoms with Crippen LogP contribution in [0.5, 0.6) is 0 Å². The van der Waals surface area contributed by atoms with Crippen molar-refractivity contribution < 1.29 is 0 Å². The summed E-state index contributed by atoms with van der Waals surface area (Å²) in [5, 5.41) is 13.0. The van der Waals surface area contributed by atoms with E-state index in [0.29, 0.717) is 5.02 Å². The zero-order valence-corrected chi connectivity index (χ0v) is 16.1. The molecule has 0 amide bonds. The SMILES string of the molecule is Clc1cccc(-n2cnnc2SCc2csc(Cc3ccccc3)n2)c1. The Morgan fingerprint density at radius 3 is 2.81 bits per heavy atom. The number of hydrogen-bond acceptors (Lipinski definition) is 5. The maximum absolute atomic E-state index is 6.09. The molecule has 0 spiro atoms. The maximum atomic E-state index is 6.09. The largest absolute Gasteiger partial charge is 0.277 e. The van der Waals surface area contributed by atoms with Gasteiger partial charge in [-0.25, -0.2) is 4.98 Å². The molecule has 0 aliphatic heterocycles. The minimum atomic E-state index is 0.692. The molecule has 2 aromatic carbocycles. The molecule has 0 radical (unpaired) electrons. The van der Waals surface area contributed by atoms with Gasteiger partial charge in [0.25, 0.3) is 0 Å². The average molecular weight is 399 g/mol. The number of aromatic nitrogens is 4. The second kappa shape index (κ2) is 8.03. The van der Waals surface area contributed by atoms with Gasteiger partial charge >= 0.3 is 0 Å². The molecule has 2 aromatic heterocycles. The third-order valence-corrected chi connectivity index (χ3v) is 5.86. The summed E-state index contributed by atoms with van der Waals surface area (Å²) < 4.78 is 1.94. The third-order valence-electron chi connectivity index (χ3n) is 3.75. The summed E-state index contributed by atoms with van der Waals surface area (Å²) in [6.07, 6.45) is 2.57.